The minimum absolute atomic E-state index is 0.0622. The van der Waals surface area contributed by atoms with E-state index in [1.54, 1.807) is 17.4 Å². The number of rotatable bonds is 4. The number of carbonyl (C=O) groups is 1. The van der Waals surface area contributed by atoms with Crippen molar-refractivity contribution in [2.75, 3.05) is 6.61 Å². The molecule has 0 saturated heterocycles. The lowest BCUT2D eigenvalue weighted by molar-refractivity contribution is -0.140. The number of ether oxygens (including phenoxy) is 2. The first kappa shape index (κ1) is 14.7. The van der Waals surface area contributed by atoms with Crippen LogP contribution in [0, 0.1) is 0 Å². The van der Waals surface area contributed by atoms with Crippen molar-refractivity contribution in [1.82, 2.24) is 4.98 Å². The lowest BCUT2D eigenvalue weighted by atomic mass is 10.1. The fourth-order valence-electron chi connectivity index (χ4n) is 2.35. The second-order valence-electron chi connectivity index (χ2n) is 5.19. The van der Waals surface area contributed by atoms with Crippen molar-refractivity contribution >= 4 is 23.4 Å². The maximum atomic E-state index is 12.2. The molecule has 0 fully saturated rings. The minimum atomic E-state index is -0.412. The Morgan fingerprint density at radius 2 is 2.17 bits per heavy atom. The lowest BCUT2D eigenvalue weighted by Crippen LogP contribution is -2.17. The topological polar surface area (TPSA) is 61.6 Å². The molecule has 1 aromatic carbocycles. The summed E-state index contributed by atoms with van der Waals surface area (Å²) in [5.41, 5.74) is 1.93. The van der Waals surface area contributed by atoms with Crippen LogP contribution in [0.1, 0.15) is 11.3 Å². The molecule has 0 saturated carbocycles. The van der Waals surface area contributed by atoms with Crippen LogP contribution in [-0.4, -0.2) is 17.6 Å². The summed E-state index contributed by atoms with van der Waals surface area (Å²) < 4.78 is 16.3. The number of thiophene rings is 1. The molecule has 2 aromatic heterocycles. The van der Waals surface area contributed by atoms with Crippen molar-refractivity contribution in [3.05, 3.63) is 64.9 Å². The molecular weight excluding hydrogens is 326 g/mol. The van der Waals surface area contributed by atoms with Crippen LogP contribution in [0.25, 0.3) is 16.8 Å². The van der Waals surface area contributed by atoms with E-state index in [0.29, 0.717) is 17.2 Å². The van der Waals surface area contributed by atoms with Crippen LogP contribution in [0.15, 0.2) is 58.0 Å². The molecule has 0 aliphatic carbocycles. The number of aromatic nitrogens is 1. The van der Waals surface area contributed by atoms with Gasteiger partial charge in [-0.1, -0.05) is 24.3 Å². The van der Waals surface area contributed by atoms with Crippen molar-refractivity contribution in [2.45, 2.75) is 6.61 Å². The van der Waals surface area contributed by atoms with Crippen LogP contribution in [0.2, 0.25) is 0 Å². The van der Waals surface area contributed by atoms with Gasteiger partial charge in [-0.3, -0.25) is 0 Å². The molecule has 0 atom stereocenters. The van der Waals surface area contributed by atoms with Gasteiger partial charge in [-0.2, -0.15) is 0 Å². The van der Waals surface area contributed by atoms with E-state index in [1.165, 1.54) is 6.26 Å². The van der Waals surface area contributed by atoms with Crippen LogP contribution in [0.4, 0.5) is 0 Å². The number of nitrogens with zero attached hydrogens (tertiary/aromatic N) is 1. The van der Waals surface area contributed by atoms with Gasteiger partial charge >= 0.3 is 5.97 Å². The summed E-state index contributed by atoms with van der Waals surface area (Å²) in [4.78, 5) is 17.4. The molecule has 120 valence electrons. The van der Waals surface area contributed by atoms with E-state index in [9.17, 15) is 4.79 Å². The number of oxazole rings is 1. The Balaban J connectivity index is 1.42. The molecule has 4 rings (SSSR count). The Kier molecular flexibility index (Phi) is 3.88. The van der Waals surface area contributed by atoms with E-state index in [-0.39, 0.29) is 13.2 Å². The molecule has 0 bridgehead atoms. The van der Waals surface area contributed by atoms with Gasteiger partial charge in [-0.25, -0.2) is 9.78 Å². The first-order valence-corrected chi connectivity index (χ1v) is 8.25. The van der Waals surface area contributed by atoms with Gasteiger partial charge in [0.05, 0.1) is 10.5 Å². The maximum Gasteiger partial charge on any atom is 0.337 e. The fraction of sp³-hybridized carbons (Fsp3) is 0.111. The standard InChI is InChI=1S/C18H13NO4S/c20-18(13-8-12-4-1-2-5-15(12)21-9-13)23-11-14-10-22-17(19-14)16-6-3-7-24-16/h1-8,10H,9,11H2. The molecule has 0 radical (unpaired) electrons. The molecule has 3 heterocycles. The van der Waals surface area contributed by atoms with Crippen LogP contribution in [-0.2, 0) is 16.1 Å². The average Bonchev–Trinajstić information content (AvgIpc) is 3.30. The summed E-state index contributed by atoms with van der Waals surface area (Å²) in [6, 6.07) is 11.4. The second kappa shape index (κ2) is 6.33. The molecule has 0 spiro atoms. The molecule has 0 N–H and O–H groups in total. The van der Waals surface area contributed by atoms with Gasteiger partial charge in [0.15, 0.2) is 0 Å². The third kappa shape index (κ3) is 2.96. The van der Waals surface area contributed by atoms with Gasteiger partial charge in [-0.15, -0.1) is 11.3 Å². The summed E-state index contributed by atoms with van der Waals surface area (Å²) in [5.74, 6) is 0.890. The quantitative estimate of drug-likeness (QED) is 0.674. The molecule has 1 aliphatic heterocycles. The van der Waals surface area contributed by atoms with Crippen LogP contribution >= 0.6 is 11.3 Å². The molecule has 0 amide bonds. The predicted molar refractivity (Wildman–Crippen MR) is 89.5 cm³/mol. The Hall–Kier alpha value is -2.86. The Morgan fingerprint density at radius 1 is 1.25 bits per heavy atom. The van der Waals surface area contributed by atoms with Gasteiger partial charge in [-0.05, 0) is 23.6 Å². The predicted octanol–water partition coefficient (Wildman–Crippen LogP) is 3.92. The first-order valence-electron chi connectivity index (χ1n) is 7.37. The number of benzene rings is 1. The van der Waals surface area contributed by atoms with Crippen molar-refractivity contribution in [3.63, 3.8) is 0 Å². The van der Waals surface area contributed by atoms with Crippen molar-refractivity contribution in [3.8, 4) is 16.5 Å². The van der Waals surface area contributed by atoms with E-state index in [4.69, 9.17) is 13.9 Å². The maximum absolute atomic E-state index is 12.2. The smallest absolute Gasteiger partial charge is 0.337 e. The molecule has 3 aromatic rings. The van der Waals surface area contributed by atoms with Gasteiger partial charge in [0, 0.05) is 5.56 Å². The number of fused-ring (bicyclic) bond motifs is 1. The molecule has 1 aliphatic rings. The zero-order chi connectivity index (χ0) is 16.4. The molecule has 5 nitrogen and oxygen atoms in total. The zero-order valence-corrected chi connectivity index (χ0v) is 13.4. The number of hydrogen-bond donors (Lipinski definition) is 0. The van der Waals surface area contributed by atoms with Gasteiger partial charge in [0.2, 0.25) is 5.89 Å². The monoisotopic (exact) mass is 339 g/mol. The van der Waals surface area contributed by atoms with E-state index in [1.807, 2.05) is 41.8 Å². The van der Waals surface area contributed by atoms with Gasteiger partial charge in [0.25, 0.3) is 0 Å². The highest BCUT2D eigenvalue weighted by atomic mass is 32.1. The first-order chi connectivity index (χ1) is 11.8. The lowest BCUT2D eigenvalue weighted by Gasteiger charge is -2.16. The van der Waals surface area contributed by atoms with Crippen molar-refractivity contribution < 1.29 is 18.7 Å². The fourth-order valence-corrected chi connectivity index (χ4v) is 3.01. The zero-order valence-electron chi connectivity index (χ0n) is 12.6. The minimum Gasteiger partial charge on any atom is -0.488 e. The number of para-hydroxylation sites is 1. The molecule has 6 heteroatoms. The molecule has 0 unspecified atom stereocenters. The van der Waals surface area contributed by atoms with Crippen LogP contribution in [0.5, 0.6) is 5.75 Å². The van der Waals surface area contributed by atoms with E-state index in [2.05, 4.69) is 4.98 Å². The third-order valence-corrected chi connectivity index (χ3v) is 4.39. The van der Waals surface area contributed by atoms with E-state index in [0.717, 1.165) is 16.2 Å². The average molecular weight is 339 g/mol. The van der Waals surface area contributed by atoms with Crippen molar-refractivity contribution in [1.29, 1.82) is 0 Å². The summed E-state index contributed by atoms with van der Waals surface area (Å²) in [6.07, 6.45) is 3.30. The summed E-state index contributed by atoms with van der Waals surface area (Å²) >= 11 is 1.54. The van der Waals surface area contributed by atoms with E-state index >= 15 is 0 Å². The normalized spacial score (nSPS) is 12.9. The van der Waals surface area contributed by atoms with Crippen LogP contribution < -0.4 is 4.74 Å². The Labute approximate surface area is 142 Å². The second-order valence-corrected chi connectivity index (χ2v) is 6.14. The highest BCUT2D eigenvalue weighted by Gasteiger charge is 2.19. The van der Waals surface area contributed by atoms with E-state index < -0.39 is 5.97 Å². The number of carbonyl (C=O) groups excluding carboxylic acids is 1. The number of hydrogen-bond acceptors (Lipinski definition) is 6. The van der Waals surface area contributed by atoms with Crippen LogP contribution in [0.3, 0.4) is 0 Å². The SMILES string of the molecule is O=C(OCc1coc(-c2cccs2)n1)C1=Cc2ccccc2OC1. The summed E-state index contributed by atoms with van der Waals surface area (Å²) in [7, 11) is 0. The highest BCUT2D eigenvalue weighted by Crippen LogP contribution is 2.27. The molecule has 24 heavy (non-hydrogen) atoms. The Bertz CT molecular complexity index is 895. The van der Waals surface area contributed by atoms with Gasteiger partial charge in [0.1, 0.15) is 30.9 Å². The number of esters is 1. The highest BCUT2D eigenvalue weighted by molar-refractivity contribution is 7.13. The molecular formula is C18H13NO4S. The summed E-state index contributed by atoms with van der Waals surface area (Å²) in [6.45, 7) is 0.266. The Morgan fingerprint density at radius 3 is 3.04 bits per heavy atom. The summed E-state index contributed by atoms with van der Waals surface area (Å²) in [5, 5.41) is 1.95. The largest absolute Gasteiger partial charge is 0.488 e. The third-order valence-electron chi connectivity index (χ3n) is 3.53. The van der Waals surface area contributed by atoms with Crippen molar-refractivity contribution in [2.24, 2.45) is 0 Å². The van der Waals surface area contributed by atoms with Gasteiger partial charge < -0.3 is 13.9 Å².